The van der Waals surface area contributed by atoms with Crippen LogP contribution < -0.4 is 10.6 Å². The molecule has 0 heterocycles. The summed E-state index contributed by atoms with van der Waals surface area (Å²) in [5.41, 5.74) is -0.158. The number of benzene rings is 2. The topological polar surface area (TPSA) is 108 Å². The summed E-state index contributed by atoms with van der Waals surface area (Å²) in [6, 6.07) is 13.8. The molecule has 2 aromatic carbocycles. The molecule has 0 spiro atoms. The van der Waals surface area contributed by atoms with Crippen molar-refractivity contribution in [3.8, 4) is 5.75 Å². The van der Waals surface area contributed by atoms with Crippen molar-refractivity contribution in [1.29, 1.82) is 0 Å². The van der Waals surface area contributed by atoms with E-state index in [1.165, 1.54) is 11.0 Å². The lowest BCUT2D eigenvalue weighted by atomic mass is 9.98. The molecule has 2 rings (SSSR count). The summed E-state index contributed by atoms with van der Waals surface area (Å²) < 4.78 is 5.49. The molecule has 2 aromatic rings. The molecular weight excluding hydrogens is 506 g/mol. The second-order valence-electron chi connectivity index (χ2n) is 12.2. The van der Waals surface area contributed by atoms with E-state index in [-0.39, 0.29) is 18.7 Å². The fourth-order valence-electron chi connectivity index (χ4n) is 4.38. The highest BCUT2D eigenvalue weighted by molar-refractivity contribution is 5.93. The van der Waals surface area contributed by atoms with Crippen LogP contribution in [0.5, 0.6) is 5.75 Å². The molecule has 2 atom stereocenters. The summed E-state index contributed by atoms with van der Waals surface area (Å²) in [7, 11) is 0. The largest absolute Gasteiger partial charge is 0.508 e. The summed E-state index contributed by atoms with van der Waals surface area (Å²) >= 11 is 0. The number of nitrogens with zero attached hydrogens (tertiary/aromatic N) is 1. The van der Waals surface area contributed by atoms with E-state index in [9.17, 15) is 19.5 Å². The number of hydrogen-bond acceptors (Lipinski definition) is 5. The van der Waals surface area contributed by atoms with E-state index in [4.69, 9.17) is 4.74 Å². The number of para-hydroxylation sites is 1. The standard InChI is InChI=1S/C32H47N3O5/c1-8-9-10-16-21-35(27(28(37)34-31(2,3)4)24-19-14-15-20-26(24)36)29(38)25(22-23-17-12-11-13-18-23)33-30(39)40-32(5,6)7/h11-15,17-20,25,27,36H,8-10,16,21-22H2,1-7H3,(H,33,39)(H,34,37). The van der Waals surface area contributed by atoms with Gasteiger partial charge in [0.05, 0.1) is 0 Å². The molecule has 0 aliphatic rings. The third-order valence-electron chi connectivity index (χ3n) is 6.10. The van der Waals surface area contributed by atoms with Gasteiger partial charge in [0, 0.05) is 24.1 Å². The predicted molar refractivity (Wildman–Crippen MR) is 158 cm³/mol. The Hall–Kier alpha value is -3.55. The summed E-state index contributed by atoms with van der Waals surface area (Å²) in [5, 5.41) is 16.6. The van der Waals surface area contributed by atoms with Crippen LogP contribution >= 0.6 is 0 Å². The van der Waals surface area contributed by atoms with E-state index in [0.717, 1.165) is 24.8 Å². The van der Waals surface area contributed by atoms with Crippen LogP contribution in [0.2, 0.25) is 0 Å². The highest BCUT2D eigenvalue weighted by Gasteiger charge is 2.38. The monoisotopic (exact) mass is 553 g/mol. The average Bonchev–Trinajstić information content (AvgIpc) is 2.84. The Morgan fingerprint density at radius 2 is 1.52 bits per heavy atom. The van der Waals surface area contributed by atoms with Gasteiger partial charge in [0.15, 0.2) is 0 Å². The summed E-state index contributed by atoms with van der Waals surface area (Å²) in [6.45, 7) is 13.2. The molecule has 3 amide bonds. The fourth-order valence-corrected chi connectivity index (χ4v) is 4.38. The van der Waals surface area contributed by atoms with E-state index in [1.807, 2.05) is 51.1 Å². The molecule has 0 aliphatic carbocycles. The number of carbonyl (C=O) groups excluding carboxylic acids is 3. The van der Waals surface area contributed by atoms with Crippen molar-refractivity contribution < 1.29 is 24.2 Å². The first-order valence-corrected chi connectivity index (χ1v) is 14.2. The van der Waals surface area contributed by atoms with Crippen molar-refractivity contribution >= 4 is 17.9 Å². The lowest BCUT2D eigenvalue weighted by molar-refractivity contribution is -0.143. The van der Waals surface area contributed by atoms with Gasteiger partial charge in [-0.05, 0) is 59.6 Å². The molecule has 0 aromatic heterocycles. The SMILES string of the molecule is CCCCCCN(C(=O)C(Cc1ccccc1)NC(=O)OC(C)(C)C)C(C(=O)NC(C)(C)C)c1ccccc1O. The third-order valence-corrected chi connectivity index (χ3v) is 6.10. The van der Waals surface area contributed by atoms with Crippen LogP contribution in [-0.4, -0.2) is 51.6 Å². The zero-order valence-electron chi connectivity index (χ0n) is 25.1. The van der Waals surface area contributed by atoms with Crippen LogP contribution in [0.4, 0.5) is 4.79 Å². The first-order chi connectivity index (χ1) is 18.7. The molecule has 220 valence electrons. The van der Waals surface area contributed by atoms with Gasteiger partial charge >= 0.3 is 6.09 Å². The number of phenolic OH excluding ortho intramolecular Hbond substituents is 1. The minimum atomic E-state index is -1.10. The van der Waals surface area contributed by atoms with Gasteiger partial charge in [0.2, 0.25) is 11.8 Å². The summed E-state index contributed by atoms with van der Waals surface area (Å²) in [5.74, 6) is -0.917. The van der Waals surface area contributed by atoms with E-state index in [0.29, 0.717) is 12.0 Å². The molecule has 0 radical (unpaired) electrons. The number of amides is 3. The molecule has 0 saturated heterocycles. The zero-order chi connectivity index (χ0) is 29.9. The van der Waals surface area contributed by atoms with Gasteiger partial charge in [0.1, 0.15) is 23.4 Å². The lowest BCUT2D eigenvalue weighted by Crippen LogP contribution is -2.55. The number of unbranched alkanes of at least 4 members (excludes halogenated alkanes) is 3. The van der Waals surface area contributed by atoms with Gasteiger partial charge in [-0.1, -0.05) is 74.7 Å². The Balaban J connectivity index is 2.58. The Morgan fingerprint density at radius 3 is 2.10 bits per heavy atom. The fraction of sp³-hybridized carbons (Fsp3) is 0.531. The maximum atomic E-state index is 14.4. The van der Waals surface area contributed by atoms with Crippen molar-refractivity contribution in [2.24, 2.45) is 0 Å². The number of phenols is 1. The summed E-state index contributed by atoms with van der Waals surface area (Å²) in [4.78, 5) is 42.6. The number of hydrogen-bond donors (Lipinski definition) is 3. The highest BCUT2D eigenvalue weighted by Crippen LogP contribution is 2.31. The molecule has 40 heavy (non-hydrogen) atoms. The minimum absolute atomic E-state index is 0.0809. The average molecular weight is 554 g/mol. The first-order valence-electron chi connectivity index (χ1n) is 14.2. The molecule has 0 fully saturated rings. The van der Waals surface area contributed by atoms with Crippen molar-refractivity contribution in [3.63, 3.8) is 0 Å². The smallest absolute Gasteiger partial charge is 0.408 e. The van der Waals surface area contributed by atoms with Crippen LogP contribution in [0.25, 0.3) is 0 Å². The van der Waals surface area contributed by atoms with Crippen LogP contribution in [0, 0.1) is 0 Å². The molecule has 3 N–H and O–H groups in total. The number of nitrogens with one attached hydrogen (secondary N) is 2. The lowest BCUT2D eigenvalue weighted by Gasteiger charge is -2.36. The predicted octanol–water partition coefficient (Wildman–Crippen LogP) is 5.89. The van der Waals surface area contributed by atoms with Gasteiger partial charge in [-0.25, -0.2) is 4.79 Å². The Kier molecular flexibility index (Phi) is 12.0. The highest BCUT2D eigenvalue weighted by atomic mass is 16.6. The molecular formula is C32H47N3O5. The molecule has 0 saturated carbocycles. The minimum Gasteiger partial charge on any atom is -0.508 e. The molecule has 2 unspecified atom stereocenters. The van der Waals surface area contributed by atoms with Crippen LogP contribution in [-0.2, 0) is 20.7 Å². The maximum absolute atomic E-state index is 14.4. The Bertz CT molecular complexity index is 1110. The van der Waals surface area contributed by atoms with Gasteiger partial charge in [-0.2, -0.15) is 0 Å². The Morgan fingerprint density at radius 1 is 0.900 bits per heavy atom. The second-order valence-corrected chi connectivity index (χ2v) is 12.2. The first kappa shape index (κ1) is 32.7. The molecule has 8 heteroatoms. The zero-order valence-corrected chi connectivity index (χ0v) is 25.1. The maximum Gasteiger partial charge on any atom is 0.408 e. The van der Waals surface area contributed by atoms with E-state index in [1.54, 1.807) is 39.0 Å². The van der Waals surface area contributed by atoms with Crippen molar-refractivity contribution in [3.05, 3.63) is 65.7 Å². The molecule has 8 nitrogen and oxygen atoms in total. The van der Waals surface area contributed by atoms with Gasteiger partial charge in [-0.3, -0.25) is 9.59 Å². The number of alkyl carbamates (subject to hydrolysis) is 1. The third kappa shape index (κ3) is 10.9. The quantitative estimate of drug-likeness (QED) is 0.284. The number of aromatic hydroxyl groups is 1. The molecule has 0 bridgehead atoms. The summed E-state index contributed by atoms with van der Waals surface area (Å²) in [6.07, 6.45) is 3.03. The number of rotatable bonds is 12. The second kappa shape index (κ2) is 14.7. The van der Waals surface area contributed by atoms with E-state index in [2.05, 4.69) is 17.6 Å². The van der Waals surface area contributed by atoms with Crippen molar-refractivity contribution in [2.75, 3.05) is 6.54 Å². The van der Waals surface area contributed by atoms with Gasteiger partial charge < -0.3 is 25.4 Å². The molecule has 0 aliphatic heterocycles. The van der Waals surface area contributed by atoms with Crippen LogP contribution in [0.15, 0.2) is 54.6 Å². The van der Waals surface area contributed by atoms with E-state index < -0.39 is 41.1 Å². The number of ether oxygens (including phenoxy) is 1. The van der Waals surface area contributed by atoms with Crippen LogP contribution in [0.3, 0.4) is 0 Å². The van der Waals surface area contributed by atoms with Crippen molar-refractivity contribution in [1.82, 2.24) is 15.5 Å². The Labute approximate surface area is 239 Å². The van der Waals surface area contributed by atoms with Gasteiger partial charge in [0.25, 0.3) is 0 Å². The normalized spacial score (nSPS) is 13.2. The van der Waals surface area contributed by atoms with Gasteiger partial charge in [-0.15, -0.1) is 0 Å². The van der Waals surface area contributed by atoms with Crippen molar-refractivity contribution in [2.45, 2.75) is 104 Å². The van der Waals surface area contributed by atoms with E-state index >= 15 is 0 Å². The van der Waals surface area contributed by atoms with Crippen LogP contribution in [0.1, 0.15) is 91.3 Å². The number of carbonyl (C=O) groups is 3.